The third-order valence-electron chi connectivity index (χ3n) is 4.02. The Morgan fingerprint density at radius 1 is 1.22 bits per heavy atom. The van der Waals surface area contributed by atoms with Crippen molar-refractivity contribution in [2.45, 2.75) is 39.3 Å². The van der Waals surface area contributed by atoms with Crippen molar-refractivity contribution in [1.29, 1.82) is 0 Å². The molecule has 0 bridgehead atoms. The molecule has 0 aromatic heterocycles. The van der Waals surface area contributed by atoms with Crippen LogP contribution in [-0.2, 0) is 6.54 Å². The lowest BCUT2D eigenvalue weighted by molar-refractivity contribution is 0.0791. The smallest absolute Gasteiger partial charge is 0.122 e. The summed E-state index contributed by atoms with van der Waals surface area (Å²) in [5.74, 6) is 0.963. The van der Waals surface area contributed by atoms with Gasteiger partial charge in [-0.25, -0.2) is 0 Å². The third-order valence-corrected chi connectivity index (χ3v) is 4.02. The molecular weight excluding hydrogens is 226 g/mol. The number of aliphatic hydroxyl groups is 1. The van der Waals surface area contributed by atoms with Crippen molar-refractivity contribution in [2.75, 3.05) is 20.2 Å². The van der Waals surface area contributed by atoms with Gasteiger partial charge in [0.25, 0.3) is 0 Å². The number of hydrogen-bond donors (Lipinski definition) is 1. The lowest BCUT2D eigenvalue weighted by atomic mass is 10.0. The normalized spacial score (nSPS) is 18.0. The Morgan fingerprint density at radius 3 is 2.50 bits per heavy atom. The SMILES string of the molecule is COc1ccc(CN2CCC(O)CC2)c(C)c1C. The molecule has 1 N–H and O–H groups in total. The van der Waals surface area contributed by atoms with Crippen LogP contribution < -0.4 is 4.74 Å². The van der Waals surface area contributed by atoms with E-state index in [9.17, 15) is 5.11 Å². The Bertz CT molecular complexity index is 409. The van der Waals surface area contributed by atoms with Crippen LogP contribution in [0.5, 0.6) is 5.75 Å². The summed E-state index contributed by atoms with van der Waals surface area (Å²) in [4.78, 5) is 2.42. The summed E-state index contributed by atoms with van der Waals surface area (Å²) in [5.41, 5.74) is 3.91. The van der Waals surface area contributed by atoms with Crippen molar-refractivity contribution in [1.82, 2.24) is 4.90 Å². The van der Waals surface area contributed by atoms with Crippen LogP contribution in [0.3, 0.4) is 0 Å². The summed E-state index contributed by atoms with van der Waals surface area (Å²) in [6, 6.07) is 4.21. The van der Waals surface area contributed by atoms with Crippen LogP contribution in [-0.4, -0.2) is 36.3 Å². The van der Waals surface area contributed by atoms with E-state index in [0.29, 0.717) is 0 Å². The van der Waals surface area contributed by atoms with Crippen molar-refractivity contribution >= 4 is 0 Å². The molecule has 2 rings (SSSR count). The van der Waals surface area contributed by atoms with Crippen molar-refractivity contribution in [3.63, 3.8) is 0 Å². The van der Waals surface area contributed by atoms with E-state index < -0.39 is 0 Å². The van der Waals surface area contributed by atoms with Crippen LogP contribution >= 0.6 is 0 Å². The molecule has 1 fully saturated rings. The second kappa shape index (κ2) is 5.72. The van der Waals surface area contributed by atoms with Gasteiger partial charge in [0.05, 0.1) is 13.2 Å². The average Bonchev–Trinajstić information content (AvgIpc) is 2.38. The van der Waals surface area contributed by atoms with Gasteiger partial charge in [-0.1, -0.05) is 6.07 Å². The summed E-state index contributed by atoms with van der Waals surface area (Å²) in [5, 5.41) is 9.52. The number of benzene rings is 1. The van der Waals surface area contributed by atoms with Gasteiger partial charge in [0, 0.05) is 19.6 Å². The molecular formula is C15H23NO2. The first-order chi connectivity index (χ1) is 8.61. The van der Waals surface area contributed by atoms with E-state index in [1.807, 2.05) is 0 Å². The molecule has 1 aliphatic heterocycles. The van der Waals surface area contributed by atoms with E-state index in [2.05, 4.69) is 30.9 Å². The molecule has 100 valence electrons. The monoisotopic (exact) mass is 249 g/mol. The number of aliphatic hydroxyl groups excluding tert-OH is 1. The maximum atomic E-state index is 9.52. The molecule has 0 aliphatic carbocycles. The van der Waals surface area contributed by atoms with Crippen molar-refractivity contribution in [3.8, 4) is 5.75 Å². The molecule has 1 aromatic carbocycles. The van der Waals surface area contributed by atoms with Gasteiger partial charge in [0.2, 0.25) is 0 Å². The standard InChI is InChI=1S/C15H23NO2/c1-11-12(2)15(18-3)5-4-13(11)10-16-8-6-14(17)7-9-16/h4-5,14,17H,6-10H2,1-3H3. The molecule has 0 radical (unpaired) electrons. The molecule has 0 amide bonds. The highest BCUT2D eigenvalue weighted by Gasteiger charge is 2.18. The van der Waals surface area contributed by atoms with E-state index >= 15 is 0 Å². The number of nitrogens with zero attached hydrogens (tertiary/aromatic N) is 1. The molecule has 0 saturated carbocycles. The van der Waals surface area contributed by atoms with E-state index in [-0.39, 0.29) is 6.10 Å². The summed E-state index contributed by atoms with van der Waals surface area (Å²) in [6.07, 6.45) is 1.70. The van der Waals surface area contributed by atoms with Crippen molar-refractivity contribution in [3.05, 3.63) is 28.8 Å². The first kappa shape index (κ1) is 13.4. The lowest BCUT2D eigenvalue weighted by Crippen LogP contribution is -2.35. The molecule has 1 saturated heterocycles. The molecule has 1 heterocycles. The van der Waals surface area contributed by atoms with Crippen LogP contribution in [0.2, 0.25) is 0 Å². The maximum absolute atomic E-state index is 9.52. The highest BCUT2D eigenvalue weighted by atomic mass is 16.5. The number of likely N-dealkylation sites (tertiary alicyclic amines) is 1. The Hall–Kier alpha value is -1.06. The van der Waals surface area contributed by atoms with E-state index in [1.165, 1.54) is 16.7 Å². The minimum atomic E-state index is -0.0973. The zero-order chi connectivity index (χ0) is 13.1. The first-order valence-corrected chi connectivity index (χ1v) is 6.65. The molecule has 3 nitrogen and oxygen atoms in total. The number of hydrogen-bond acceptors (Lipinski definition) is 3. The Balaban J connectivity index is 2.08. The minimum absolute atomic E-state index is 0.0973. The number of piperidine rings is 1. The predicted molar refractivity (Wildman–Crippen MR) is 73.0 cm³/mol. The minimum Gasteiger partial charge on any atom is -0.496 e. The fraction of sp³-hybridized carbons (Fsp3) is 0.600. The van der Waals surface area contributed by atoms with Gasteiger partial charge in [0.1, 0.15) is 5.75 Å². The van der Waals surface area contributed by atoms with E-state index in [1.54, 1.807) is 7.11 Å². The summed E-state index contributed by atoms with van der Waals surface area (Å²) >= 11 is 0. The number of ether oxygens (including phenoxy) is 1. The zero-order valence-electron chi connectivity index (χ0n) is 11.6. The van der Waals surface area contributed by atoms with Crippen LogP contribution in [0.4, 0.5) is 0 Å². The zero-order valence-corrected chi connectivity index (χ0v) is 11.6. The second-order valence-electron chi connectivity index (χ2n) is 5.18. The van der Waals surface area contributed by atoms with E-state index in [4.69, 9.17) is 4.74 Å². The van der Waals surface area contributed by atoms with Crippen LogP contribution in [0.15, 0.2) is 12.1 Å². The van der Waals surface area contributed by atoms with Gasteiger partial charge in [-0.15, -0.1) is 0 Å². The van der Waals surface area contributed by atoms with Crippen LogP contribution in [0.1, 0.15) is 29.5 Å². The fourth-order valence-electron chi connectivity index (χ4n) is 2.56. The maximum Gasteiger partial charge on any atom is 0.122 e. The van der Waals surface area contributed by atoms with Gasteiger partial charge in [-0.3, -0.25) is 4.90 Å². The second-order valence-corrected chi connectivity index (χ2v) is 5.18. The molecule has 1 aliphatic rings. The average molecular weight is 249 g/mol. The van der Waals surface area contributed by atoms with Crippen molar-refractivity contribution in [2.24, 2.45) is 0 Å². The topological polar surface area (TPSA) is 32.7 Å². The van der Waals surface area contributed by atoms with Crippen LogP contribution in [0.25, 0.3) is 0 Å². The van der Waals surface area contributed by atoms with Gasteiger partial charge >= 0.3 is 0 Å². The van der Waals surface area contributed by atoms with Gasteiger partial charge in [-0.05, 0) is 49.4 Å². The molecule has 18 heavy (non-hydrogen) atoms. The lowest BCUT2D eigenvalue weighted by Gasteiger charge is -2.30. The molecule has 0 spiro atoms. The third kappa shape index (κ3) is 2.85. The first-order valence-electron chi connectivity index (χ1n) is 6.65. The predicted octanol–water partition coefficient (Wildman–Crippen LogP) is 2.27. The number of rotatable bonds is 3. The molecule has 1 aromatic rings. The van der Waals surface area contributed by atoms with Gasteiger partial charge in [0.15, 0.2) is 0 Å². The summed E-state index contributed by atoms with van der Waals surface area (Å²) in [7, 11) is 1.72. The summed E-state index contributed by atoms with van der Waals surface area (Å²) in [6.45, 7) is 7.23. The van der Waals surface area contributed by atoms with Crippen LogP contribution in [0, 0.1) is 13.8 Å². The fourth-order valence-corrected chi connectivity index (χ4v) is 2.56. The molecule has 0 atom stereocenters. The van der Waals surface area contributed by atoms with Gasteiger partial charge < -0.3 is 9.84 Å². The largest absolute Gasteiger partial charge is 0.496 e. The van der Waals surface area contributed by atoms with E-state index in [0.717, 1.165) is 38.2 Å². The quantitative estimate of drug-likeness (QED) is 0.892. The number of methoxy groups -OCH3 is 1. The van der Waals surface area contributed by atoms with Crippen molar-refractivity contribution < 1.29 is 9.84 Å². The highest BCUT2D eigenvalue weighted by molar-refractivity contribution is 5.43. The molecule has 3 heteroatoms. The Kier molecular flexibility index (Phi) is 4.25. The Labute approximate surface area is 109 Å². The van der Waals surface area contributed by atoms with Gasteiger partial charge in [-0.2, -0.15) is 0 Å². The highest BCUT2D eigenvalue weighted by Crippen LogP contribution is 2.25. The summed E-state index contributed by atoms with van der Waals surface area (Å²) < 4.78 is 5.34. The Morgan fingerprint density at radius 2 is 1.89 bits per heavy atom. The molecule has 0 unspecified atom stereocenters.